The third-order valence-corrected chi connectivity index (χ3v) is 4.34. The molecule has 0 spiro atoms. The van der Waals surface area contributed by atoms with Crippen molar-refractivity contribution in [2.24, 2.45) is 0 Å². The Morgan fingerprint density at radius 3 is 2.64 bits per heavy atom. The van der Waals surface area contributed by atoms with Gasteiger partial charge >= 0.3 is 0 Å². The lowest BCUT2D eigenvalue weighted by molar-refractivity contribution is -0.385. The predicted molar refractivity (Wildman–Crippen MR) is 90.5 cm³/mol. The first-order valence-electron chi connectivity index (χ1n) is 7.82. The van der Waals surface area contributed by atoms with Crippen LogP contribution in [0.3, 0.4) is 0 Å². The Bertz CT molecular complexity index is 799. The van der Waals surface area contributed by atoms with Gasteiger partial charge in [-0.15, -0.1) is 0 Å². The van der Waals surface area contributed by atoms with Gasteiger partial charge in [-0.25, -0.2) is 0 Å². The van der Waals surface area contributed by atoms with Crippen molar-refractivity contribution in [3.8, 4) is 0 Å². The fourth-order valence-corrected chi connectivity index (χ4v) is 3.00. The first kappa shape index (κ1) is 17.4. The van der Waals surface area contributed by atoms with E-state index in [1.807, 2.05) is 13.0 Å². The lowest BCUT2D eigenvalue weighted by atomic mass is 10.1. The van der Waals surface area contributed by atoms with Gasteiger partial charge in [-0.2, -0.15) is 0 Å². The zero-order chi connectivity index (χ0) is 18.0. The van der Waals surface area contributed by atoms with Crippen LogP contribution in [-0.2, 0) is 6.54 Å². The van der Waals surface area contributed by atoms with Gasteiger partial charge in [-0.3, -0.25) is 19.8 Å². The molecule has 9 heteroatoms. The Labute approximate surface area is 149 Å². The van der Waals surface area contributed by atoms with E-state index in [-0.39, 0.29) is 17.2 Å². The van der Waals surface area contributed by atoms with Crippen LogP contribution in [0.4, 0.5) is 5.69 Å². The van der Waals surface area contributed by atoms with Crippen LogP contribution in [0.1, 0.15) is 21.8 Å². The second-order valence-corrected chi connectivity index (χ2v) is 6.36. The third kappa shape index (κ3) is 3.97. The Morgan fingerprint density at radius 2 is 2.04 bits per heavy atom. The summed E-state index contributed by atoms with van der Waals surface area (Å²) in [4.78, 5) is 27.0. The Balaban J connectivity index is 1.66. The van der Waals surface area contributed by atoms with Gasteiger partial charge in [-0.05, 0) is 19.1 Å². The van der Waals surface area contributed by atoms with Crippen molar-refractivity contribution >= 4 is 23.2 Å². The third-order valence-electron chi connectivity index (χ3n) is 4.10. The highest BCUT2D eigenvalue weighted by Crippen LogP contribution is 2.24. The number of halogens is 1. The van der Waals surface area contributed by atoms with Gasteiger partial charge in [0.25, 0.3) is 11.6 Å². The zero-order valence-corrected chi connectivity index (χ0v) is 14.4. The standard InChI is InChI=1S/C16H17ClN4O4/c1-11-8-13(25-18-11)10-19-4-6-20(7-5-19)16(22)14-9-12(17)2-3-15(14)21(23)24/h2-3,8-9H,4-7,10H2,1H3. The van der Waals surface area contributed by atoms with Crippen molar-refractivity contribution in [3.05, 3.63) is 56.4 Å². The maximum Gasteiger partial charge on any atom is 0.282 e. The van der Waals surface area contributed by atoms with Crippen LogP contribution in [0.15, 0.2) is 28.8 Å². The van der Waals surface area contributed by atoms with Gasteiger partial charge in [0.15, 0.2) is 5.76 Å². The van der Waals surface area contributed by atoms with E-state index in [1.165, 1.54) is 18.2 Å². The SMILES string of the molecule is Cc1cc(CN2CCN(C(=O)c3cc(Cl)ccc3[N+](=O)[O-])CC2)on1. The topological polar surface area (TPSA) is 92.7 Å². The molecule has 2 heterocycles. The van der Waals surface area contributed by atoms with Crippen molar-refractivity contribution in [2.45, 2.75) is 13.5 Å². The molecule has 25 heavy (non-hydrogen) atoms. The number of aromatic nitrogens is 1. The summed E-state index contributed by atoms with van der Waals surface area (Å²) >= 11 is 5.90. The Morgan fingerprint density at radius 1 is 1.32 bits per heavy atom. The molecule has 0 N–H and O–H groups in total. The average molecular weight is 365 g/mol. The molecule has 1 fully saturated rings. The zero-order valence-electron chi connectivity index (χ0n) is 13.6. The lowest BCUT2D eigenvalue weighted by Gasteiger charge is -2.34. The molecule has 1 amide bonds. The number of nitro benzene ring substituents is 1. The van der Waals surface area contributed by atoms with Crippen molar-refractivity contribution < 1.29 is 14.2 Å². The second-order valence-electron chi connectivity index (χ2n) is 5.92. The van der Waals surface area contributed by atoms with E-state index < -0.39 is 4.92 Å². The molecule has 0 aliphatic carbocycles. The Hall–Kier alpha value is -2.45. The molecule has 3 rings (SSSR count). The van der Waals surface area contributed by atoms with Crippen molar-refractivity contribution in [1.29, 1.82) is 0 Å². The first-order chi connectivity index (χ1) is 11.9. The largest absolute Gasteiger partial charge is 0.360 e. The summed E-state index contributed by atoms with van der Waals surface area (Å²) < 4.78 is 5.20. The molecule has 0 atom stereocenters. The maximum absolute atomic E-state index is 12.7. The summed E-state index contributed by atoms with van der Waals surface area (Å²) in [5, 5.41) is 15.3. The number of carbonyl (C=O) groups is 1. The number of nitro groups is 1. The summed E-state index contributed by atoms with van der Waals surface area (Å²) in [5.74, 6) is 0.409. The van der Waals surface area contributed by atoms with Gasteiger partial charge in [0.2, 0.25) is 0 Å². The van der Waals surface area contributed by atoms with E-state index in [4.69, 9.17) is 16.1 Å². The summed E-state index contributed by atoms with van der Waals surface area (Å²) in [7, 11) is 0. The van der Waals surface area contributed by atoms with Gasteiger partial charge in [0, 0.05) is 43.3 Å². The molecule has 1 saturated heterocycles. The van der Waals surface area contributed by atoms with Crippen LogP contribution in [0, 0.1) is 17.0 Å². The number of amides is 1. The number of piperazine rings is 1. The minimum Gasteiger partial charge on any atom is -0.360 e. The fourth-order valence-electron chi connectivity index (χ4n) is 2.83. The highest BCUT2D eigenvalue weighted by Gasteiger charge is 2.28. The number of hydrogen-bond donors (Lipinski definition) is 0. The van der Waals surface area contributed by atoms with E-state index in [2.05, 4.69) is 10.1 Å². The minimum atomic E-state index is -0.563. The molecular formula is C16H17ClN4O4. The number of nitrogens with zero attached hydrogens (tertiary/aromatic N) is 4. The quantitative estimate of drug-likeness (QED) is 0.611. The summed E-state index contributed by atoms with van der Waals surface area (Å²) in [6.45, 7) is 4.76. The van der Waals surface area contributed by atoms with E-state index in [9.17, 15) is 14.9 Å². The van der Waals surface area contributed by atoms with Crippen molar-refractivity contribution in [2.75, 3.05) is 26.2 Å². The molecular weight excluding hydrogens is 348 g/mol. The van der Waals surface area contributed by atoms with Crippen molar-refractivity contribution in [3.63, 3.8) is 0 Å². The molecule has 1 aliphatic heterocycles. The molecule has 0 saturated carbocycles. The fraction of sp³-hybridized carbons (Fsp3) is 0.375. The van der Waals surface area contributed by atoms with E-state index in [0.717, 1.165) is 11.5 Å². The molecule has 0 unspecified atom stereocenters. The van der Waals surface area contributed by atoms with Crippen LogP contribution < -0.4 is 0 Å². The first-order valence-corrected chi connectivity index (χ1v) is 8.19. The monoisotopic (exact) mass is 364 g/mol. The molecule has 132 valence electrons. The van der Waals surface area contributed by atoms with Crippen LogP contribution in [-0.4, -0.2) is 52.0 Å². The Kier molecular flexibility index (Phi) is 5.00. The number of benzene rings is 1. The smallest absolute Gasteiger partial charge is 0.282 e. The van der Waals surface area contributed by atoms with E-state index in [0.29, 0.717) is 37.7 Å². The molecule has 1 aromatic carbocycles. The number of aryl methyl sites for hydroxylation is 1. The molecule has 1 aromatic heterocycles. The number of hydrogen-bond acceptors (Lipinski definition) is 6. The lowest BCUT2D eigenvalue weighted by Crippen LogP contribution is -2.48. The number of carbonyl (C=O) groups excluding carboxylic acids is 1. The average Bonchev–Trinajstić information content (AvgIpc) is 2.99. The molecule has 0 radical (unpaired) electrons. The maximum atomic E-state index is 12.7. The molecule has 1 aliphatic rings. The second kappa shape index (κ2) is 7.20. The van der Waals surface area contributed by atoms with Gasteiger partial charge < -0.3 is 9.42 Å². The normalized spacial score (nSPS) is 15.4. The van der Waals surface area contributed by atoms with Gasteiger partial charge in [0.1, 0.15) is 5.56 Å². The van der Waals surface area contributed by atoms with Crippen LogP contribution >= 0.6 is 11.6 Å². The summed E-state index contributed by atoms with van der Waals surface area (Å²) in [5.41, 5.74) is 0.628. The van der Waals surface area contributed by atoms with Crippen LogP contribution in [0.2, 0.25) is 5.02 Å². The minimum absolute atomic E-state index is 0.0248. The molecule has 0 bridgehead atoms. The van der Waals surface area contributed by atoms with Gasteiger partial charge in [0.05, 0.1) is 17.2 Å². The number of rotatable bonds is 4. The predicted octanol–water partition coefficient (Wildman–Crippen LogP) is 2.50. The van der Waals surface area contributed by atoms with Gasteiger partial charge in [-0.1, -0.05) is 16.8 Å². The highest BCUT2D eigenvalue weighted by molar-refractivity contribution is 6.31. The van der Waals surface area contributed by atoms with Crippen molar-refractivity contribution in [1.82, 2.24) is 15.0 Å². The molecule has 2 aromatic rings. The van der Waals surface area contributed by atoms with E-state index in [1.54, 1.807) is 4.90 Å². The summed E-state index contributed by atoms with van der Waals surface area (Å²) in [6.07, 6.45) is 0. The molecule has 8 nitrogen and oxygen atoms in total. The summed E-state index contributed by atoms with van der Waals surface area (Å²) in [6, 6.07) is 5.91. The highest BCUT2D eigenvalue weighted by atomic mass is 35.5. The van der Waals surface area contributed by atoms with E-state index >= 15 is 0 Å². The van der Waals surface area contributed by atoms with Crippen LogP contribution in [0.5, 0.6) is 0 Å². The van der Waals surface area contributed by atoms with Crippen LogP contribution in [0.25, 0.3) is 0 Å².